The highest BCUT2D eigenvalue weighted by molar-refractivity contribution is 6.26. The monoisotopic (exact) mass is 1460 g/mol. The van der Waals surface area contributed by atoms with E-state index in [0.717, 1.165) is 231 Å². The Morgan fingerprint density at radius 2 is 0.465 bits per heavy atom. The van der Waals surface area contributed by atoms with Crippen molar-refractivity contribution in [1.82, 2.24) is 19.9 Å². The Hall–Kier alpha value is -15.1. The molecule has 6 aromatic heterocycles. The number of para-hydroxylation sites is 8. The smallest absolute Gasteiger partial charge is 0.143 e. The number of furan rings is 4. The normalized spacial score (nSPS) is 11.9. The molecule has 8 heteroatoms. The molecule has 0 bridgehead atoms. The third-order valence-corrected chi connectivity index (χ3v) is 23.2. The number of fused-ring (bicyclic) bond motifs is 24. The van der Waals surface area contributed by atoms with Crippen LogP contribution in [-0.4, -0.2) is 19.9 Å². The minimum atomic E-state index is 0.759. The zero-order chi connectivity index (χ0) is 75.2. The van der Waals surface area contributed by atoms with E-state index in [1.807, 2.05) is 60.9 Å². The molecule has 0 fully saturated rings. The maximum Gasteiger partial charge on any atom is 0.143 e. The predicted octanol–water partition coefficient (Wildman–Crippen LogP) is 29.4. The van der Waals surface area contributed by atoms with E-state index >= 15 is 0 Å². The van der Waals surface area contributed by atoms with Gasteiger partial charge in [-0.1, -0.05) is 302 Å². The molecule has 24 rings (SSSR count). The standard InChI is InChI=1S/C58H34N2O2.C48H30N2O2/c1-3-14-35(15-4-1)37-28-30-39-40-31-29-38(36-16-5-2-6-17-36)33-50(40)56-55(49(39)32-37)59-34-51(60-56)54-43(47-24-12-22-45-41-18-7-9-26-52(41)61-57(45)47)20-11-21-44(54)48-25-13-23-46-42-19-8-10-27-53(42)62-58(46)48;1-27-20-22-29-30-23-21-28(2)25-40(30)46-45(39(29)24-27)49-26-41(50-46)44-33(37-16-8-14-35-31-10-3-5-18-42(31)51-47(35)37)12-7-13-34(44)38-17-9-15-36-32-11-4-6-19-43(32)52-48(36)38/h1-34H;3-26H,1-2H3. The van der Waals surface area contributed by atoms with E-state index in [1.165, 1.54) is 21.9 Å². The molecule has 0 aliphatic heterocycles. The Morgan fingerprint density at radius 1 is 0.193 bits per heavy atom. The number of hydrogen-bond donors (Lipinski definition) is 0. The van der Waals surface area contributed by atoms with Crippen LogP contribution in [0.2, 0.25) is 0 Å². The molecule has 0 unspecified atom stereocenters. The zero-order valence-electron chi connectivity index (χ0n) is 61.9. The molecule has 114 heavy (non-hydrogen) atoms. The van der Waals surface area contributed by atoms with Crippen LogP contribution in [0.25, 0.3) is 242 Å². The summed E-state index contributed by atoms with van der Waals surface area (Å²) in [6, 6.07) is 119. The summed E-state index contributed by atoms with van der Waals surface area (Å²) in [5, 5.41) is 17.6. The van der Waals surface area contributed by atoms with Crippen LogP contribution in [0.3, 0.4) is 0 Å². The summed E-state index contributed by atoms with van der Waals surface area (Å²) < 4.78 is 26.7. The van der Waals surface area contributed by atoms with Crippen molar-refractivity contribution in [3.05, 3.63) is 363 Å². The summed E-state index contributed by atoms with van der Waals surface area (Å²) in [5.74, 6) is 0. The fraction of sp³-hybridized carbons (Fsp3) is 0.0189. The molecule has 0 saturated heterocycles. The van der Waals surface area contributed by atoms with Crippen molar-refractivity contribution in [3.8, 4) is 89.3 Å². The van der Waals surface area contributed by atoms with Gasteiger partial charge in [0, 0.05) is 98.0 Å². The SMILES string of the molecule is Cc1ccc2c3ccc(C)cc3c3nc(-c4c(-c5cccc6c5oc5ccccc56)cccc4-c4cccc5c4oc4ccccc45)cnc3c2c1.c1ccc(-c2ccc3c4ccc(-c5ccccc5)cc4c4nc(-c5c(-c6cccc7c6oc6ccccc67)cccc5-c5cccc6c5oc5ccccc56)cnc4c3c2)cc1. The summed E-state index contributed by atoms with van der Waals surface area (Å²) in [6.07, 6.45) is 3.91. The van der Waals surface area contributed by atoms with E-state index in [-0.39, 0.29) is 0 Å². The lowest BCUT2D eigenvalue weighted by Crippen LogP contribution is -1.97. The first-order valence-electron chi connectivity index (χ1n) is 38.6. The van der Waals surface area contributed by atoms with Crippen molar-refractivity contribution in [3.63, 3.8) is 0 Å². The van der Waals surface area contributed by atoms with Gasteiger partial charge in [0.2, 0.25) is 0 Å². The molecule has 8 nitrogen and oxygen atoms in total. The molecule has 0 saturated carbocycles. The summed E-state index contributed by atoms with van der Waals surface area (Å²) in [4.78, 5) is 22.0. The minimum absolute atomic E-state index is 0.759. The molecule has 0 atom stereocenters. The van der Waals surface area contributed by atoms with Gasteiger partial charge >= 0.3 is 0 Å². The lowest BCUT2D eigenvalue weighted by molar-refractivity contribution is 0.669. The predicted molar refractivity (Wildman–Crippen MR) is 471 cm³/mol. The van der Waals surface area contributed by atoms with Crippen LogP contribution in [0.4, 0.5) is 0 Å². The van der Waals surface area contributed by atoms with Crippen LogP contribution in [0.1, 0.15) is 11.1 Å². The second kappa shape index (κ2) is 25.8. The first-order valence-corrected chi connectivity index (χ1v) is 38.6. The van der Waals surface area contributed by atoms with Crippen molar-refractivity contribution in [1.29, 1.82) is 0 Å². The molecule has 0 radical (unpaired) electrons. The molecule has 0 spiro atoms. The Kier molecular flexibility index (Phi) is 14.6. The van der Waals surface area contributed by atoms with Gasteiger partial charge in [0.25, 0.3) is 0 Å². The number of aryl methyl sites for hydroxylation is 2. The molecule has 0 aliphatic carbocycles. The molecule has 0 N–H and O–H groups in total. The highest BCUT2D eigenvalue weighted by Crippen LogP contribution is 2.51. The lowest BCUT2D eigenvalue weighted by atomic mass is 9.88. The van der Waals surface area contributed by atoms with Crippen LogP contribution in [0, 0.1) is 13.8 Å². The van der Waals surface area contributed by atoms with E-state index in [1.54, 1.807) is 0 Å². The van der Waals surface area contributed by atoms with Crippen molar-refractivity contribution in [2.75, 3.05) is 0 Å². The number of benzene rings is 18. The van der Waals surface area contributed by atoms with Crippen LogP contribution in [-0.2, 0) is 0 Å². The van der Waals surface area contributed by atoms with Crippen molar-refractivity contribution < 1.29 is 17.7 Å². The van der Waals surface area contributed by atoms with Gasteiger partial charge in [-0.25, -0.2) is 9.97 Å². The number of hydrogen-bond acceptors (Lipinski definition) is 8. The van der Waals surface area contributed by atoms with Crippen molar-refractivity contribution in [2.45, 2.75) is 13.8 Å². The zero-order valence-corrected chi connectivity index (χ0v) is 61.9. The van der Waals surface area contributed by atoms with Crippen molar-refractivity contribution in [2.24, 2.45) is 0 Å². The van der Waals surface area contributed by atoms with Gasteiger partial charge in [0.05, 0.1) is 45.8 Å². The fourth-order valence-electron chi connectivity index (χ4n) is 17.9. The molecule has 0 aliphatic rings. The van der Waals surface area contributed by atoms with Gasteiger partial charge in [-0.3, -0.25) is 9.97 Å². The van der Waals surface area contributed by atoms with Gasteiger partial charge < -0.3 is 17.7 Å². The first kappa shape index (κ1) is 64.8. The average Bonchev–Trinajstić information content (AvgIpc) is 0.912. The van der Waals surface area contributed by atoms with E-state index in [9.17, 15) is 0 Å². The number of aromatic nitrogens is 4. The molecular weight excluding hydrogens is 1390 g/mol. The Labute approximate surface area is 652 Å². The molecule has 532 valence electrons. The average molecular weight is 1460 g/mol. The molecule has 18 aromatic carbocycles. The third kappa shape index (κ3) is 10.2. The quantitative estimate of drug-likeness (QED) is 0.139. The maximum absolute atomic E-state index is 6.71. The third-order valence-electron chi connectivity index (χ3n) is 23.2. The summed E-state index contributed by atoms with van der Waals surface area (Å²) in [7, 11) is 0. The van der Waals surface area contributed by atoms with Crippen LogP contribution >= 0.6 is 0 Å². The molecule has 24 aromatic rings. The molecular formula is C106H64N4O4. The van der Waals surface area contributed by atoms with Gasteiger partial charge in [-0.05, 0) is 128 Å². The summed E-state index contributed by atoms with van der Waals surface area (Å²) >= 11 is 0. The topological polar surface area (TPSA) is 104 Å². The summed E-state index contributed by atoms with van der Waals surface area (Å²) in [5.41, 5.74) is 28.7. The van der Waals surface area contributed by atoms with Crippen LogP contribution in [0.5, 0.6) is 0 Å². The van der Waals surface area contributed by atoms with Gasteiger partial charge in [0.15, 0.2) is 0 Å². The Morgan fingerprint density at radius 3 is 0.816 bits per heavy atom. The van der Waals surface area contributed by atoms with Gasteiger partial charge in [0.1, 0.15) is 44.7 Å². The Balaban J connectivity index is 0.000000137. The lowest BCUT2D eigenvalue weighted by Gasteiger charge is -2.17. The van der Waals surface area contributed by atoms with E-state index in [4.69, 9.17) is 37.6 Å². The maximum atomic E-state index is 6.71. The van der Waals surface area contributed by atoms with Crippen molar-refractivity contribution >= 4 is 153 Å². The van der Waals surface area contributed by atoms with E-state index in [2.05, 4.69) is 305 Å². The van der Waals surface area contributed by atoms with Crippen LogP contribution in [0.15, 0.2) is 370 Å². The van der Waals surface area contributed by atoms with E-state index < -0.39 is 0 Å². The Bertz CT molecular complexity index is 7890. The number of nitrogens with zero attached hydrogens (tertiary/aromatic N) is 4. The highest BCUT2D eigenvalue weighted by Gasteiger charge is 2.27. The molecule has 0 amide bonds. The van der Waals surface area contributed by atoms with Gasteiger partial charge in [-0.2, -0.15) is 0 Å². The van der Waals surface area contributed by atoms with E-state index in [0.29, 0.717) is 0 Å². The fourth-order valence-corrected chi connectivity index (χ4v) is 17.9. The first-order chi connectivity index (χ1) is 56.3. The highest BCUT2D eigenvalue weighted by atomic mass is 16.3. The van der Waals surface area contributed by atoms with Crippen LogP contribution < -0.4 is 0 Å². The second-order valence-corrected chi connectivity index (χ2v) is 29.8. The minimum Gasteiger partial charge on any atom is -0.455 e. The van der Waals surface area contributed by atoms with Gasteiger partial charge in [-0.15, -0.1) is 0 Å². The largest absolute Gasteiger partial charge is 0.455 e. The molecule has 6 heterocycles. The second-order valence-electron chi connectivity index (χ2n) is 29.8. The summed E-state index contributed by atoms with van der Waals surface area (Å²) in [6.45, 7) is 4.27. The number of rotatable bonds is 8.